The van der Waals surface area contributed by atoms with Crippen molar-refractivity contribution in [2.24, 2.45) is 5.41 Å². The Morgan fingerprint density at radius 3 is 2.69 bits per heavy atom. The van der Waals surface area contributed by atoms with Crippen molar-refractivity contribution in [1.29, 1.82) is 0 Å². The normalized spacial score (nSPS) is 28.2. The molecule has 2 N–H and O–H groups in total. The van der Waals surface area contributed by atoms with Crippen LogP contribution in [0.5, 0.6) is 0 Å². The molecule has 2 unspecified atom stereocenters. The van der Waals surface area contributed by atoms with Gasteiger partial charge in [0, 0.05) is 13.1 Å². The second-order valence-corrected chi connectivity index (χ2v) is 4.88. The van der Waals surface area contributed by atoms with Crippen LogP contribution in [-0.4, -0.2) is 46.8 Å². The van der Waals surface area contributed by atoms with Crippen molar-refractivity contribution in [3.8, 4) is 0 Å². The number of hydrogen-bond acceptors (Lipinski definition) is 3. The highest BCUT2D eigenvalue weighted by Gasteiger charge is 2.43. The van der Waals surface area contributed by atoms with Crippen molar-refractivity contribution in [3.05, 3.63) is 0 Å². The number of rotatable bonds is 6. The van der Waals surface area contributed by atoms with E-state index >= 15 is 0 Å². The molecular weight excluding hydrogens is 206 g/mol. The van der Waals surface area contributed by atoms with E-state index in [4.69, 9.17) is 0 Å². The van der Waals surface area contributed by atoms with Gasteiger partial charge in [-0.15, -0.1) is 0 Å². The fraction of sp³-hybridized carbons (Fsp3) is 0.917. The number of β-amino-alcohol motifs (C(OH)–C–C–N with tert-alkyl or cyclic N) is 1. The predicted octanol–water partition coefficient (Wildman–Crippen LogP) is 1.33. The lowest BCUT2D eigenvalue weighted by Gasteiger charge is -2.25. The van der Waals surface area contributed by atoms with E-state index in [0.717, 1.165) is 25.8 Å². The van der Waals surface area contributed by atoms with Crippen LogP contribution in [0.25, 0.3) is 0 Å². The number of hydrogen-bond donors (Lipinski definition) is 2. The summed E-state index contributed by atoms with van der Waals surface area (Å²) in [5.41, 5.74) is -0.567. The Morgan fingerprint density at radius 1 is 1.50 bits per heavy atom. The van der Waals surface area contributed by atoms with Gasteiger partial charge in [0.1, 0.15) is 0 Å². The maximum atomic E-state index is 11.3. The molecule has 0 aromatic carbocycles. The summed E-state index contributed by atoms with van der Waals surface area (Å²) in [5.74, 6) is -0.678. The molecule has 94 valence electrons. The summed E-state index contributed by atoms with van der Waals surface area (Å²) in [5, 5.41) is 18.9. The minimum atomic E-state index is -0.678. The lowest BCUT2D eigenvalue weighted by molar-refractivity contribution is -0.148. The van der Waals surface area contributed by atoms with Gasteiger partial charge < -0.3 is 10.2 Å². The van der Waals surface area contributed by atoms with Crippen LogP contribution in [0.2, 0.25) is 0 Å². The number of carboxylic acids is 1. The fourth-order valence-corrected chi connectivity index (χ4v) is 2.51. The highest BCUT2D eigenvalue weighted by atomic mass is 16.4. The van der Waals surface area contributed by atoms with Crippen LogP contribution in [0.4, 0.5) is 0 Å². The molecule has 1 fully saturated rings. The van der Waals surface area contributed by atoms with E-state index in [1.807, 2.05) is 13.8 Å². The summed E-state index contributed by atoms with van der Waals surface area (Å²) in [6.45, 7) is 5.96. The van der Waals surface area contributed by atoms with Gasteiger partial charge in [0.15, 0.2) is 0 Å². The number of carbonyl (C=O) groups is 1. The van der Waals surface area contributed by atoms with Crippen LogP contribution in [0.3, 0.4) is 0 Å². The molecule has 0 radical (unpaired) electrons. The van der Waals surface area contributed by atoms with E-state index in [-0.39, 0.29) is 6.10 Å². The zero-order valence-corrected chi connectivity index (χ0v) is 10.3. The summed E-state index contributed by atoms with van der Waals surface area (Å²) in [4.78, 5) is 13.4. The Labute approximate surface area is 97.3 Å². The molecule has 0 aliphatic carbocycles. The van der Waals surface area contributed by atoms with Crippen molar-refractivity contribution in [1.82, 2.24) is 4.90 Å². The Hall–Kier alpha value is -0.610. The van der Waals surface area contributed by atoms with Gasteiger partial charge >= 0.3 is 5.97 Å². The molecule has 1 saturated heterocycles. The van der Waals surface area contributed by atoms with E-state index in [2.05, 4.69) is 4.90 Å². The molecular formula is C12H23NO3. The highest BCUT2D eigenvalue weighted by Crippen LogP contribution is 2.35. The summed E-state index contributed by atoms with van der Waals surface area (Å²) in [6.07, 6.45) is 2.75. The largest absolute Gasteiger partial charge is 0.481 e. The van der Waals surface area contributed by atoms with Gasteiger partial charge in [-0.05, 0) is 25.8 Å². The van der Waals surface area contributed by atoms with Crippen LogP contribution < -0.4 is 0 Å². The van der Waals surface area contributed by atoms with Gasteiger partial charge in [-0.1, -0.05) is 20.3 Å². The second-order valence-electron chi connectivity index (χ2n) is 4.88. The Morgan fingerprint density at radius 2 is 2.19 bits per heavy atom. The van der Waals surface area contributed by atoms with E-state index in [9.17, 15) is 15.0 Å². The van der Waals surface area contributed by atoms with Crippen molar-refractivity contribution in [3.63, 3.8) is 0 Å². The molecule has 2 atom stereocenters. The first-order chi connectivity index (χ1) is 7.54. The molecule has 16 heavy (non-hydrogen) atoms. The first kappa shape index (κ1) is 13.5. The number of likely N-dealkylation sites (tertiary alicyclic amines) is 1. The van der Waals surface area contributed by atoms with Gasteiger partial charge in [0.25, 0.3) is 0 Å². The molecule has 0 aromatic rings. The molecule has 0 spiro atoms. The Bertz CT molecular complexity index is 244. The molecule has 4 heteroatoms. The first-order valence-corrected chi connectivity index (χ1v) is 6.18. The maximum absolute atomic E-state index is 11.3. The third-order valence-corrected chi connectivity index (χ3v) is 3.56. The maximum Gasteiger partial charge on any atom is 0.310 e. The fourth-order valence-electron chi connectivity index (χ4n) is 2.51. The first-order valence-electron chi connectivity index (χ1n) is 6.18. The second kappa shape index (κ2) is 5.64. The molecule has 1 rings (SSSR count). The monoisotopic (exact) mass is 229 g/mol. The predicted molar refractivity (Wildman–Crippen MR) is 62.3 cm³/mol. The molecule has 0 amide bonds. The van der Waals surface area contributed by atoms with Gasteiger partial charge in [-0.2, -0.15) is 0 Å². The van der Waals surface area contributed by atoms with E-state index in [1.165, 1.54) is 0 Å². The standard InChI is InChI=1S/C12H23NO3/c1-3-5-12(11(15)16)6-7-13(9-12)8-10(14)4-2/h10,14H,3-9H2,1-2H3,(H,15,16). The highest BCUT2D eigenvalue weighted by molar-refractivity contribution is 5.75. The number of nitrogens with zero attached hydrogens (tertiary/aromatic N) is 1. The van der Waals surface area contributed by atoms with Crippen LogP contribution in [-0.2, 0) is 4.79 Å². The smallest absolute Gasteiger partial charge is 0.310 e. The van der Waals surface area contributed by atoms with E-state index < -0.39 is 11.4 Å². The summed E-state index contributed by atoms with van der Waals surface area (Å²) in [6, 6.07) is 0. The Balaban J connectivity index is 2.56. The number of carboxylic acid groups (broad SMARTS) is 1. The number of aliphatic hydroxyl groups excluding tert-OH is 1. The molecule has 1 heterocycles. The quantitative estimate of drug-likeness (QED) is 0.721. The van der Waals surface area contributed by atoms with Crippen LogP contribution >= 0.6 is 0 Å². The molecule has 0 saturated carbocycles. The number of aliphatic carboxylic acids is 1. The molecule has 1 aliphatic heterocycles. The van der Waals surface area contributed by atoms with Gasteiger partial charge in [-0.3, -0.25) is 9.69 Å². The topological polar surface area (TPSA) is 60.8 Å². The van der Waals surface area contributed by atoms with Gasteiger partial charge in [0.2, 0.25) is 0 Å². The molecule has 0 bridgehead atoms. The average Bonchev–Trinajstić information content (AvgIpc) is 2.63. The molecule has 1 aliphatic rings. The average molecular weight is 229 g/mol. The third kappa shape index (κ3) is 2.95. The lowest BCUT2D eigenvalue weighted by atomic mass is 9.83. The van der Waals surface area contributed by atoms with Gasteiger partial charge in [0.05, 0.1) is 11.5 Å². The van der Waals surface area contributed by atoms with Crippen molar-refractivity contribution >= 4 is 5.97 Å². The van der Waals surface area contributed by atoms with Crippen molar-refractivity contribution < 1.29 is 15.0 Å². The van der Waals surface area contributed by atoms with Crippen LogP contribution in [0.1, 0.15) is 39.5 Å². The third-order valence-electron chi connectivity index (χ3n) is 3.56. The van der Waals surface area contributed by atoms with E-state index in [0.29, 0.717) is 19.5 Å². The van der Waals surface area contributed by atoms with Crippen molar-refractivity contribution in [2.45, 2.75) is 45.6 Å². The van der Waals surface area contributed by atoms with Crippen LogP contribution in [0.15, 0.2) is 0 Å². The minimum Gasteiger partial charge on any atom is -0.481 e. The SMILES string of the molecule is CCCC1(C(=O)O)CCN(CC(O)CC)C1. The molecule has 0 aromatic heterocycles. The summed E-state index contributed by atoms with van der Waals surface area (Å²) in [7, 11) is 0. The zero-order chi connectivity index (χ0) is 12.2. The minimum absolute atomic E-state index is 0.328. The van der Waals surface area contributed by atoms with Gasteiger partial charge in [-0.25, -0.2) is 0 Å². The Kier molecular flexibility index (Phi) is 4.74. The lowest BCUT2D eigenvalue weighted by Crippen LogP contribution is -2.37. The number of aliphatic hydroxyl groups is 1. The van der Waals surface area contributed by atoms with E-state index in [1.54, 1.807) is 0 Å². The van der Waals surface area contributed by atoms with Crippen LogP contribution in [0, 0.1) is 5.41 Å². The summed E-state index contributed by atoms with van der Waals surface area (Å²) >= 11 is 0. The zero-order valence-electron chi connectivity index (χ0n) is 10.3. The molecule has 4 nitrogen and oxygen atoms in total. The summed E-state index contributed by atoms with van der Waals surface area (Å²) < 4.78 is 0. The van der Waals surface area contributed by atoms with Crippen molar-refractivity contribution in [2.75, 3.05) is 19.6 Å².